The van der Waals surface area contributed by atoms with Gasteiger partial charge in [0.25, 0.3) is 0 Å². The van der Waals surface area contributed by atoms with Crippen molar-refractivity contribution in [2.45, 2.75) is 19.0 Å². The van der Waals surface area contributed by atoms with Crippen LogP contribution in [-0.2, 0) is 0 Å². The highest BCUT2D eigenvalue weighted by Crippen LogP contribution is 2.24. The van der Waals surface area contributed by atoms with E-state index in [9.17, 15) is 0 Å². The average Bonchev–Trinajstić information content (AvgIpc) is 2.37. The molecule has 1 aromatic rings. The second-order valence-electron chi connectivity index (χ2n) is 5.61. The molecule has 3 nitrogen and oxygen atoms in total. The Labute approximate surface area is 120 Å². The fourth-order valence-corrected chi connectivity index (χ4v) is 3.20. The molecule has 0 aromatic heterocycles. The molecular weight excluding hydrogens is 258 g/mol. The summed E-state index contributed by atoms with van der Waals surface area (Å²) in [7, 11) is 0. The first-order valence-electron chi connectivity index (χ1n) is 7.18. The van der Waals surface area contributed by atoms with E-state index in [1.54, 1.807) is 0 Å². The van der Waals surface area contributed by atoms with Gasteiger partial charge >= 0.3 is 0 Å². The Morgan fingerprint density at radius 1 is 1.21 bits per heavy atom. The summed E-state index contributed by atoms with van der Waals surface area (Å²) in [6.07, 6.45) is 0. The molecule has 3 rings (SSSR count). The number of halogens is 1. The Bertz CT molecular complexity index is 425. The highest BCUT2D eigenvalue weighted by Gasteiger charge is 2.29. The molecule has 0 aliphatic carbocycles. The van der Waals surface area contributed by atoms with E-state index in [1.807, 2.05) is 12.1 Å². The molecule has 4 heteroatoms. The Morgan fingerprint density at radius 3 is 2.53 bits per heavy atom. The van der Waals surface area contributed by atoms with Crippen LogP contribution in [-0.4, -0.2) is 55.1 Å². The van der Waals surface area contributed by atoms with Gasteiger partial charge in [-0.1, -0.05) is 23.7 Å². The number of piperazine rings is 1. The molecule has 0 amide bonds. The van der Waals surface area contributed by atoms with Crippen molar-refractivity contribution in [1.29, 1.82) is 0 Å². The van der Waals surface area contributed by atoms with Gasteiger partial charge in [0.15, 0.2) is 0 Å². The van der Waals surface area contributed by atoms with Crippen molar-refractivity contribution in [3.8, 4) is 0 Å². The number of hydrogen-bond acceptors (Lipinski definition) is 3. The van der Waals surface area contributed by atoms with E-state index < -0.39 is 0 Å². The Morgan fingerprint density at radius 2 is 1.95 bits per heavy atom. The molecule has 104 valence electrons. The zero-order valence-corrected chi connectivity index (χ0v) is 12.2. The number of nitrogens with one attached hydrogen (secondary N) is 1. The van der Waals surface area contributed by atoms with Crippen LogP contribution < -0.4 is 5.32 Å². The molecule has 2 fully saturated rings. The maximum atomic E-state index is 6.09. The Hall–Kier alpha value is -0.610. The molecule has 0 radical (unpaired) electrons. The fourth-order valence-electron chi connectivity index (χ4n) is 3.00. The predicted octanol–water partition coefficient (Wildman–Crippen LogP) is 1.99. The van der Waals surface area contributed by atoms with Crippen LogP contribution >= 0.6 is 11.6 Å². The van der Waals surface area contributed by atoms with E-state index >= 15 is 0 Å². The van der Waals surface area contributed by atoms with Crippen LogP contribution in [0.1, 0.15) is 18.5 Å². The smallest absolute Gasteiger partial charge is 0.0409 e. The lowest BCUT2D eigenvalue weighted by atomic mass is 10.0. The van der Waals surface area contributed by atoms with E-state index in [2.05, 4.69) is 34.2 Å². The summed E-state index contributed by atoms with van der Waals surface area (Å²) in [6.45, 7) is 9.32. The zero-order chi connectivity index (χ0) is 13.2. The number of nitrogens with zero attached hydrogens (tertiary/aromatic N) is 2. The Balaban J connectivity index is 1.58. The predicted molar refractivity (Wildman–Crippen MR) is 79.7 cm³/mol. The van der Waals surface area contributed by atoms with Crippen molar-refractivity contribution in [3.63, 3.8) is 0 Å². The summed E-state index contributed by atoms with van der Waals surface area (Å²) < 4.78 is 0. The number of hydrogen-bond donors (Lipinski definition) is 1. The summed E-state index contributed by atoms with van der Waals surface area (Å²) in [5.41, 5.74) is 1.33. The summed E-state index contributed by atoms with van der Waals surface area (Å²) in [5.74, 6) is 0. The van der Waals surface area contributed by atoms with Gasteiger partial charge in [-0.25, -0.2) is 0 Å². The standard InChI is InChI=1S/C15H22ClN3/c1-12(13-3-2-4-14(16)9-13)18-5-7-19(8-6-18)15-10-17-11-15/h2-4,9,12,15,17H,5-8,10-11H2,1H3. The molecule has 2 aliphatic rings. The third-order valence-corrected chi connectivity index (χ3v) is 4.74. The number of rotatable bonds is 3. The molecule has 1 atom stereocenters. The van der Waals surface area contributed by atoms with Gasteiger partial charge in [-0.05, 0) is 24.6 Å². The topological polar surface area (TPSA) is 18.5 Å². The quantitative estimate of drug-likeness (QED) is 0.913. The van der Waals surface area contributed by atoms with Crippen molar-refractivity contribution in [1.82, 2.24) is 15.1 Å². The van der Waals surface area contributed by atoms with Gasteiger partial charge in [0.1, 0.15) is 0 Å². The van der Waals surface area contributed by atoms with Gasteiger partial charge < -0.3 is 5.32 Å². The summed E-state index contributed by atoms with van der Waals surface area (Å²) >= 11 is 6.09. The number of benzene rings is 1. The minimum atomic E-state index is 0.459. The molecule has 2 saturated heterocycles. The van der Waals surface area contributed by atoms with Crippen LogP contribution in [0.25, 0.3) is 0 Å². The maximum Gasteiger partial charge on any atom is 0.0409 e. The monoisotopic (exact) mass is 279 g/mol. The summed E-state index contributed by atoms with van der Waals surface area (Å²) in [5, 5.41) is 4.19. The normalized spacial score (nSPS) is 24.1. The first-order chi connectivity index (χ1) is 9.24. The lowest BCUT2D eigenvalue weighted by Gasteiger charge is -2.44. The van der Waals surface area contributed by atoms with E-state index in [0.717, 1.165) is 24.2 Å². The van der Waals surface area contributed by atoms with Crippen LogP contribution in [0.15, 0.2) is 24.3 Å². The van der Waals surface area contributed by atoms with E-state index in [0.29, 0.717) is 6.04 Å². The van der Waals surface area contributed by atoms with Gasteiger partial charge in [-0.15, -0.1) is 0 Å². The molecule has 0 spiro atoms. The average molecular weight is 280 g/mol. The van der Waals surface area contributed by atoms with Crippen molar-refractivity contribution in [2.75, 3.05) is 39.3 Å². The molecule has 1 unspecified atom stereocenters. The van der Waals surface area contributed by atoms with Crippen molar-refractivity contribution in [3.05, 3.63) is 34.9 Å². The van der Waals surface area contributed by atoms with Gasteiger partial charge in [0.05, 0.1) is 0 Å². The van der Waals surface area contributed by atoms with Gasteiger partial charge in [0.2, 0.25) is 0 Å². The molecule has 1 N–H and O–H groups in total. The van der Waals surface area contributed by atoms with Crippen molar-refractivity contribution < 1.29 is 0 Å². The van der Waals surface area contributed by atoms with Gasteiger partial charge in [-0.2, -0.15) is 0 Å². The molecule has 0 bridgehead atoms. The van der Waals surface area contributed by atoms with Crippen LogP contribution in [0.2, 0.25) is 5.02 Å². The fraction of sp³-hybridized carbons (Fsp3) is 0.600. The first kappa shape index (κ1) is 13.4. The highest BCUT2D eigenvalue weighted by molar-refractivity contribution is 6.30. The molecule has 0 saturated carbocycles. The molecule has 19 heavy (non-hydrogen) atoms. The zero-order valence-electron chi connectivity index (χ0n) is 11.5. The second kappa shape index (κ2) is 5.80. The lowest BCUT2D eigenvalue weighted by molar-refractivity contribution is 0.0552. The third-order valence-electron chi connectivity index (χ3n) is 4.50. The van der Waals surface area contributed by atoms with Crippen molar-refractivity contribution >= 4 is 11.6 Å². The van der Waals surface area contributed by atoms with Gasteiger partial charge in [0, 0.05) is 56.4 Å². The van der Waals surface area contributed by atoms with E-state index in [1.165, 1.54) is 31.7 Å². The minimum Gasteiger partial charge on any atom is -0.314 e. The first-order valence-corrected chi connectivity index (χ1v) is 7.56. The van der Waals surface area contributed by atoms with Gasteiger partial charge in [-0.3, -0.25) is 9.80 Å². The highest BCUT2D eigenvalue weighted by atomic mass is 35.5. The van der Waals surface area contributed by atoms with Crippen molar-refractivity contribution in [2.24, 2.45) is 0 Å². The minimum absolute atomic E-state index is 0.459. The Kier molecular flexibility index (Phi) is 4.08. The second-order valence-corrected chi connectivity index (χ2v) is 6.05. The van der Waals surface area contributed by atoms with Crippen LogP contribution in [0, 0.1) is 0 Å². The van der Waals surface area contributed by atoms with Crippen LogP contribution in [0.5, 0.6) is 0 Å². The summed E-state index contributed by atoms with van der Waals surface area (Å²) in [6, 6.07) is 9.50. The molecule has 1 aromatic carbocycles. The van der Waals surface area contributed by atoms with Crippen LogP contribution in [0.3, 0.4) is 0 Å². The van der Waals surface area contributed by atoms with E-state index in [-0.39, 0.29) is 0 Å². The molecule has 2 heterocycles. The maximum absolute atomic E-state index is 6.09. The largest absolute Gasteiger partial charge is 0.314 e. The molecular formula is C15H22ClN3. The van der Waals surface area contributed by atoms with Crippen LogP contribution in [0.4, 0.5) is 0 Å². The molecule has 2 aliphatic heterocycles. The lowest BCUT2D eigenvalue weighted by Crippen LogP contribution is -2.61. The third kappa shape index (κ3) is 2.95. The summed E-state index contributed by atoms with van der Waals surface area (Å²) in [4.78, 5) is 5.19. The van der Waals surface area contributed by atoms with E-state index in [4.69, 9.17) is 11.6 Å². The SMILES string of the molecule is CC(c1cccc(Cl)c1)N1CCN(C2CNC2)CC1.